The van der Waals surface area contributed by atoms with E-state index in [1.165, 1.54) is 0 Å². The average molecular weight is 646 g/mol. The van der Waals surface area contributed by atoms with E-state index in [1.807, 2.05) is 30.3 Å². The third kappa shape index (κ3) is 10.9. The minimum atomic E-state index is -1.32. The molecule has 0 bridgehead atoms. The highest BCUT2D eigenvalue weighted by Gasteiger charge is 2.55. The molecule has 1 heterocycles. The quantitative estimate of drug-likeness (QED) is 0.182. The fourth-order valence-electron chi connectivity index (χ4n) is 4.21. The van der Waals surface area contributed by atoms with Gasteiger partial charge in [0.2, 0.25) is 0 Å². The highest BCUT2D eigenvalue weighted by Crippen LogP contribution is 2.34. The first kappa shape index (κ1) is 38.9. The third-order valence-corrected chi connectivity index (χ3v) is 7.16. The maximum absolute atomic E-state index is 13.5. The second-order valence-corrected chi connectivity index (χ2v) is 16.0. The average Bonchev–Trinajstić information content (AvgIpc) is 2.92. The fraction of sp³-hybridized carbons (Fsp3) is 0.667. The van der Waals surface area contributed by atoms with Crippen LogP contribution in [0.1, 0.15) is 101 Å². The first-order valence-corrected chi connectivity index (χ1v) is 15.8. The zero-order valence-corrected chi connectivity index (χ0v) is 29.7. The lowest BCUT2D eigenvalue weighted by atomic mass is 9.92. The van der Waals surface area contributed by atoms with Gasteiger partial charge in [-0.3, -0.25) is 24.5 Å². The van der Waals surface area contributed by atoms with Crippen LogP contribution in [0.2, 0.25) is 0 Å². The molecule has 0 amide bonds. The zero-order chi connectivity index (χ0) is 35.3. The van der Waals surface area contributed by atoms with Crippen molar-refractivity contribution in [1.29, 1.82) is 0 Å². The zero-order valence-electron chi connectivity index (χ0n) is 29.7. The molecule has 10 nitrogen and oxygen atoms in total. The van der Waals surface area contributed by atoms with Gasteiger partial charge in [0.15, 0.2) is 24.5 Å². The summed E-state index contributed by atoms with van der Waals surface area (Å²) in [6.07, 6.45) is -3.85. The number of rotatable bonds is 10. The Kier molecular flexibility index (Phi) is 12.8. The predicted octanol–water partition coefficient (Wildman–Crippen LogP) is 6.08. The summed E-state index contributed by atoms with van der Waals surface area (Å²) in [6.45, 7) is 24.0. The summed E-state index contributed by atoms with van der Waals surface area (Å²) in [6, 6.07) is 9.22. The monoisotopic (exact) mass is 645 g/mol. The minimum absolute atomic E-state index is 0.322. The Labute approximate surface area is 274 Å². The molecule has 10 heteroatoms. The van der Waals surface area contributed by atoms with E-state index in [9.17, 15) is 19.2 Å². The van der Waals surface area contributed by atoms with Crippen LogP contribution in [0.4, 0.5) is 0 Å². The molecule has 0 spiro atoms. The summed E-state index contributed by atoms with van der Waals surface area (Å²) < 4.78 is 30.5. The second kappa shape index (κ2) is 15.1. The number of hydrogen-bond donors (Lipinski definition) is 1. The van der Waals surface area contributed by atoms with E-state index >= 15 is 0 Å². The third-order valence-electron chi connectivity index (χ3n) is 7.16. The number of hydrogen-bond acceptors (Lipinski definition) is 10. The lowest BCUT2D eigenvalue weighted by Gasteiger charge is -2.47. The topological polar surface area (TPSA) is 126 Å². The summed E-state index contributed by atoms with van der Waals surface area (Å²) >= 11 is 0. The molecule has 1 N–H and O–H groups in total. The number of esters is 4. The van der Waals surface area contributed by atoms with Crippen LogP contribution >= 0.6 is 0 Å². The lowest BCUT2D eigenvalue weighted by molar-refractivity contribution is -0.266. The highest BCUT2D eigenvalue weighted by molar-refractivity contribution is 5.78. The summed E-state index contributed by atoms with van der Waals surface area (Å²) in [5, 5.41) is 3.43. The first-order chi connectivity index (χ1) is 21.0. The van der Waals surface area contributed by atoms with Crippen molar-refractivity contribution in [2.24, 2.45) is 21.7 Å². The Balaban J connectivity index is 2.76. The van der Waals surface area contributed by atoms with E-state index in [-0.39, 0.29) is 12.6 Å². The highest BCUT2D eigenvalue weighted by atomic mass is 16.7. The van der Waals surface area contributed by atoms with Gasteiger partial charge in [-0.2, -0.15) is 0 Å². The van der Waals surface area contributed by atoms with Crippen molar-refractivity contribution < 1.29 is 42.9 Å². The molecule has 1 aromatic carbocycles. The number of carbonyl (C=O) groups excluding carboxylic acids is 4. The van der Waals surface area contributed by atoms with Gasteiger partial charge in [0.1, 0.15) is 12.7 Å². The van der Waals surface area contributed by atoms with E-state index in [0.717, 1.165) is 5.56 Å². The van der Waals surface area contributed by atoms with Crippen LogP contribution in [0.15, 0.2) is 43.0 Å². The number of nitrogens with one attached hydrogen (secondary N) is 1. The molecule has 2 rings (SSSR count). The molecule has 1 saturated heterocycles. The molecule has 0 saturated carbocycles. The Bertz CT molecular complexity index is 1220. The normalized spacial score (nSPS) is 23.1. The SMILES string of the molecule is C=CC[C@H](N[C@@H]1OC(COC(=O)C(C)(C)C)[C@H](OC(=O)C(C)(C)C)C(OC(=O)C(C)(C)C)C1OC(=O)C(C)(C)C)c1ccccc1. The molecule has 46 heavy (non-hydrogen) atoms. The van der Waals surface area contributed by atoms with Crippen LogP contribution in [0, 0.1) is 21.7 Å². The van der Waals surface area contributed by atoms with E-state index in [4.69, 9.17) is 23.7 Å². The van der Waals surface area contributed by atoms with E-state index in [0.29, 0.717) is 6.42 Å². The minimum Gasteiger partial charge on any atom is -0.462 e. The molecule has 3 unspecified atom stereocenters. The molecule has 258 valence electrons. The standard InChI is InChI=1S/C36H55NO9/c1-14-18-23(22-19-16-15-17-20-22)37-28-27(46-32(41)36(11,12)13)26(45-31(40)35(8,9)10)25(44-30(39)34(5,6)7)24(43-28)21-42-29(38)33(2,3)4/h14-17,19-20,23-28,37H,1,18,21H2,2-13H3/t23-,24?,25-,26?,27?,28+/m0/s1. The lowest BCUT2D eigenvalue weighted by Crippen LogP contribution is -2.66. The van der Waals surface area contributed by atoms with Gasteiger partial charge >= 0.3 is 23.9 Å². The maximum atomic E-state index is 13.5. The molecule has 6 atom stereocenters. The van der Waals surface area contributed by atoms with Gasteiger partial charge < -0.3 is 23.7 Å². The number of carbonyl (C=O) groups is 4. The Hall–Kier alpha value is -3.24. The molecule has 1 aliphatic heterocycles. The molecule has 1 fully saturated rings. The van der Waals surface area contributed by atoms with Crippen LogP contribution in [-0.2, 0) is 42.9 Å². The number of benzene rings is 1. The summed E-state index contributed by atoms with van der Waals surface area (Å²) in [5.41, 5.74) is -2.75. The van der Waals surface area contributed by atoms with Gasteiger partial charge in [-0.15, -0.1) is 6.58 Å². The van der Waals surface area contributed by atoms with Crippen molar-refractivity contribution in [3.05, 3.63) is 48.6 Å². The first-order valence-electron chi connectivity index (χ1n) is 15.8. The summed E-state index contributed by atoms with van der Waals surface area (Å²) in [5.74, 6) is -2.29. The van der Waals surface area contributed by atoms with Crippen molar-refractivity contribution in [2.45, 2.75) is 126 Å². The van der Waals surface area contributed by atoms with Gasteiger partial charge in [-0.25, -0.2) is 0 Å². The van der Waals surface area contributed by atoms with Crippen LogP contribution in [0.5, 0.6) is 0 Å². The fourth-order valence-corrected chi connectivity index (χ4v) is 4.21. The van der Waals surface area contributed by atoms with Crippen molar-refractivity contribution in [1.82, 2.24) is 5.32 Å². The molecule has 0 aliphatic carbocycles. The molecular weight excluding hydrogens is 590 g/mol. The summed E-state index contributed by atoms with van der Waals surface area (Å²) in [4.78, 5) is 53.2. The van der Waals surface area contributed by atoms with Gasteiger partial charge in [-0.05, 0) is 95.1 Å². The Morgan fingerprint density at radius 1 is 0.717 bits per heavy atom. The van der Waals surface area contributed by atoms with Crippen LogP contribution in [-0.4, -0.2) is 61.1 Å². The van der Waals surface area contributed by atoms with Crippen LogP contribution < -0.4 is 5.32 Å². The van der Waals surface area contributed by atoms with Crippen molar-refractivity contribution in [2.75, 3.05) is 6.61 Å². The molecule has 0 aromatic heterocycles. The van der Waals surface area contributed by atoms with Gasteiger partial charge in [0.05, 0.1) is 21.7 Å². The smallest absolute Gasteiger partial charge is 0.311 e. The van der Waals surface area contributed by atoms with Gasteiger partial charge in [0, 0.05) is 6.04 Å². The van der Waals surface area contributed by atoms with Crippen molar-refractivity contribution >= 4 is 23.9 Å². The molecule has 1 aromatic rings. The van der Waals surface area contributed by atoms with Crippen molar-refractivity contribution in [3.63, 3.8) is 0 Å². The molecular formula is C36H55NO9. The molecule has 1 aliphatic rings. The van der Waals surface area contributed by atoms with E-state index in [1.54, 1.807) is 89.2 Å². The summed E-state index contributed by atoms with van der Waals surface area (Å²) in [7, 11) is 0. The largest absolute Gasteiger partial charge is 0.462 e. The second-order valence-electron chi connectivity index (χ2n) is 16.0. The number of ether oxygens (including phenoxy) is 5. The van der Waals surface area contributed by atoms with Crippen LogP contribution in [0.25, 0.3) is 0 Å². The maximum Gasteiger partial charge on any atom is 0.311 e. The van der Waals surface area contributed by atoms with Gasteiger partial charge in [-0.1, -0.05) is 36.4 Å². The van der Waals surface area contributed by atoms with E-state index in [2.05, 4.69) is 11.9 Å². The van der Waals surface area contributed by atoms with E-state index < -0.39 is 76.2 Å². The molecule has 0 radical (unpaired) electrons. The Morgan fingerprint density at radius 3 is 1.59 bits per heavy atom. The van der Waals surface area contributed by atoms with Crippen LogP contribution in [0.3, 0.4) is 0 Å². The predicted molar refractivity (Wildman–Crippen MR) is 174 cm³/mol. The van der Waals surface area contributed by atoms with Gasteiger partial charge in [0.25, 0.3) is 0 Å². The Morgan fingerprint density at radius 2 is 1.15 bits per heavy atom. The van der Waals surface area contributed by atoms with Crippen molar-refractivity contribution in [3.8, 4) is 0 Å².